The lowest BCUT2D eigenvalue weighted by Gasteiger charge is -1.97. The Bertz CT molecular complexity index is 308. The molecular formula is C8H8N2O3. The van der Waals surface area contributed by atoms with Gasteiger partial charge in [0.2, 0.25) is 0 Å². The smallest absolute Gasteiger partial charge is 0.358 e. The van der Waals surface area contributed by atoms with Gasteiger partial charge in [-0.1, -0.05) is 0 Å². The Morgan fingerprint density at radius 3 is 2.77 bits per heavy atom. The van der Waals surface area contributed by atoms with Crippen molar-refractivity contribution in [2.45, 2.75) is 6.42 Å². The van der Waals surface area contributed by atoms with Crippen LogP contribution in [-0.2, 0) is 16.0 Å². The minimum Gasteiger partial charge on any atom is -0.464 e. The highest BCUT2D eigenvalue weighted by Gasteiger charge is 2.06. The van der Waals surface area contributed by atoms with Gasteiger partial charge in [-0.2, -0.15) is 0 Å². The number of carbonyl (C=O) groups is 2. The molecule has 0 saturated heterocycles. The van der Waals surface area contributed by atoms with E-state index in [9.17, 15) is 9.59 Å². The van der Waals surface area contributed by atoms with Crippen molar-refractivity contribution in [3.63, 3.8) is 0 Å². The maximum Gasteiger partial charge on any atom is 0.358 e. The van der Waals surface area contributed by atoms with Crippen molar-refractivity contribution in [1.29, 1.82) is 0 Å². The average molecular weight is 180 g/mol. The number of hydrogen-bond donors (Lipinski definition) is 0. The van der Waals surface area contributed by atoms with Gasteiger partial charge in [-0.25, -0.2) is 9.78 Å². The molecular weight excluding hydrogens is 172 g/mol. The van der Waals surface area contributed by atoms with Crippen LogP contribution in [0.25, 0.3) is 0 Å². The van der Waals surface area contributed by atoms with Gasteiger partial charge in [0.1, 0.15) is 6.29 Å². The Labute approximate surface area is 74.8 Å². The van der Waals surface area contributed by atoms with E-state index in [4.69, 9.17) is 0 Å². The molecule has 0 saturated carbocycles. The van der Waals surface area contributed by atoms with E-state index in [1.54, 1.807) is 0 Å². The van der Waals surface area contributed by atoms with Gasteiger partial charge in [0, 0.05) is 12.6 Å². The summed E-state index contributed by atoms with van der Waals surface area (Å²) in [6, 6.07) is 0. The second kappa shape index (κ2) is 4.30. The zero-order valence-electron chi connectivity index (χ0n) is 7.06. The number of esters is 1. The fourth-order valence-electron chi connectivity index (χ4n) is 0.756. The molecule has 0 atom stereocenters. The van der Waals surface area contributed by atoms with Crippen molar-refractivity contribution in [3.05, 3.63) is 23.8 Å². The zero-order chi connectivity index (χ0) is 9.68. The van der Waals surface area contributed by atoms with Crippen LogP contribution in [0.1, 0.15) is 16.2 Å². The molecule has 0 aliphatic carbocycles. The fraction of sp³-hybridized carbons (Fsp3) is 0.250. The van der Waals surface area contributed by atoms with Crippen LogP contribution in [0.5, 0.6) is 0 Å². The summed E-state index contributed by atoms with van der Waals surface area (Å²) in [7, 11) is 1.27. The first-order valence-electron chi connectivity index (χ1n) is 3.60. The van der Waals surface area contributed by atoms with Gasteiger partial charge < -0.3 is 9.53 Å². The Kier molecular flexibility index (Phi) is 3.08. The number of hydrogen-bond acceptors (Lipinski definition) is 5. The van der Waals surface area contributed by atoms with Crippen LogP contribution in [0, 0.1) is 0 Å². The van der Waals surface area contributed by atoms with Crippen molar-refractivity contribution in [3.8, 4) is 0 Å². The SMILES string of the molecule is COC(=O)c1cnc(CC=O)cn1. The quantitative estimate of drug-likeness (QED) is 0.484. The van der Waals surface area contributed by atoms with E-state index in [1.165, 1.54) is 19.5 Å². The number of carbonyl (C=O) groups excluding carboxylic acids is 2. The summed E-state index contributed by atoms with van der Waals surface area (Å²) in [4.78, 5) is 28.6. The molecule has 0 spiro atoms. The molecule has 0 aromatic carbocycles. The van der Waals surface area contributed by atoms with Crippen molar-refractivity contribution >= 4 is 12.3 Å². The fourth-order valence-corrected chi connectivity index (χ4v) is 0.756. The van der Waals surface area contributed by atoms with Gasteiger partial charge in [0.25, 0.3) is 0 Å². The lowest BCUT2D eigenvalue weighted by Crippen LogP contribution is -2.05. The molecule has 0 unspecified atom stereocenters. The van der Waals surface area contributed by atoms with Gasteiger partial charge in [0.05, 0.1) is 19.0 Å². The second-order valence-electron chi connectivity index (χ2n) is 2.26. The highest BCUT2D eigenvalue weighted by Crippen LogP contribution is 1.96. The molecule has 0 fully saturated rings. The van der Waals surface area contributed by atoms with E-state index < -0.39 is 5.97 Å². The number of methoxy groups -OCH3 is 1. The van der Waals surface area contributed by atoms with Crippen LogP contribution < -0.4 is 0 Å². The molecule has 1 heterocycles. The normalized spacial score (nSPS) is 9.31. The Morgan fingerprint density at radius 1 is 1.54 bits per heavy atom. The van der Waals surface area contributed by atoms with E-state index in [2.05, 4.69) is 14.7 Å². The van der Waals surface area contributed by atoms with E-state index >= 15 is 0 Å². The molecule has 0 aliphatic rings. The summed E-state index contributed by atoms with van der Waals surface area (Å²) >= 11 is 0. The van der Waals surface area contributed by atoms with Crippen LogP contribution in [0.4, 0.5) is 0 Å². The van der Waals surface area contributed by atoms with Crippen LogP contribution >= 0.6 is 0 Å². The van der Waals surface area contributed by atoms with E-state index in [-0.39, 0.29) is 12.1 Å². The third kappa shape index (κ3) is 2.33. The highest BCUT2D eigenvalue weighted by atomic mass is 16.5. The van der Waals surface area contributed by atoms with Gasteiger partial charge >= 0.3 is 5.97 Å². The summed E-state index contributed by atoms with van der Waals surface area (Å²) in [6.45, 7) is 0. The second-order valence-corrected chi connectivity index (χ2v) is 2.26. The number of nitrogens with zero attached hydrogens (tertiary/aromatic N) is 2. The first-order valence-corrected chi connectivity index (χ1v) is 3.60. The van der Waals surface area contributed by atoms with Crippen molar-refractivity contribution in [2.75, 3.05) is 7.11 Å². The highest BCUT2D eigenvalue weighted by molar-refractivity contribution is 5.86. The Hall–Kier alpha value is -1.78. The molecule has 0 bridgehead atoms. The van der Waals surface area contributed by atoms with E-state index in [0.717, 1.165) is 6.29 Å². The summed E-state index contributed by atoms with van der Waals surface area (Å²) in [6.07, 6.45) is 3.58. The Morgan fingerprint density at radius 2 is 2.31 bits per heavy atom. The molecule has 1 aromatic rings. The lowest BCUT2D eigenvalue weighted by molar-refractivity contribution is -0.107. The minimum atomic E-state index is -0.537. The third-order valence-corrected chi connectivity index (χ3v) is 1.39. The van der Waals surface area contributed by atoms with Crippen molar-refractivity contribution in [1.82, 2.24) is 9.97 Å². The standard InChI is InChI=1S/C8H8N2O3/c1-13-8(12)7-5-9-6(2-3-11)4-10-7/h3-5H,2H2,1H3. The number of ether oxygens (including phenoxy) is 1. The summed E-state index contributed by atoms with van der Waals surface area (Å²) in [5.74, 6) is -0.537. The topological polar surface area (TPSA) is 69.2 Å². The average Bonchev–Trinajstić information content (AvgIpc) is 2.18. The molecule has 0 radical (unpaired) electrons. The molecule has 1 rings (SSSR count). The van der Waals surface area contributed by atoms with Crippen LogP contribution in [0.3, 0.4) is 0 Å². The van der Waals surface area contributed by atoms with Crippen molar-refractivity contribution < 1.29 is 14.3 Å². The molecule has 68 valence electrons. The van der Waals surface area contributed by atoms with Crippen LogP contribution in [0.15, 0.2) is 12.4 Å². The predicted octanol–water partition coefficient (Wildman–Crippen LogP) is 0.00460. The zero-order valence-corrected chi connectivity index (χ0v) is 7.06. The van der Waals surface area contributed by atoms with Crippen molar-refractivity contribution in [2.24, 2.45) is 0 Å². The van der Waals surface area contributed by atoms with E-state index in [1.807, 2.05) is 0 Å². The first-order chi connectivity index (χ1) is 6.27. The van der Waals surface area contributed by atoms with Gasteiger partial charge in [-0.05, 0) is 0 Å². The molecule has 5 heteroatoms. The summed E-state index contributed by atoms with van der Waals surface area (Å²) < 4.78 is 4.43. The predicted molar refractivity (Wildman–Crippen MR) is 43.1 cm³/mol. The summed E-state index contributed by atoms with van der Waals surface area (Å²) in [5, 5.41) is 0. The van der Waals surface area contributed by atoms with Gasteiger partial charge in [-0.15, -0.1) is 0 Å². The molecule has 5 nitrogen and oxygen atoms in total. The molecule has 0 N–H and O–H groups in total. The monoisotopic (exact) mass is 180 g/mol. The largest absolute Gasteiger partial charge is 0.464 e. The number of aromatic nitrogens is 2. The maximum absolute atomic E-state index is 10.9. The maximum atomic E-state index is 10.9. The van der Waals surface area contributed by atoms with Crippen LogP contribution in [-0.4, -0.2) is 29.3 Å². The molecule has 0 amide bonds. The number of rotatable bonds is 3. The van der Waals surface area contributed by atoms with Gasteiger partial charge in [-0.3, -0.25) is 4.98 Å². The molecule has 1 aromatic heterocycles. The lowest BCUT2D eigenvalue weighted by atomic mass is 10.3. The Balaban J connectivity index is 2.80. The third-order valence-electron chi connectivity index (χ3n) is 1.39. The number of aldehydes is 1. The molecule has 0 aliphatic heterocycles. The van der Waals surface area contributed by atoms with Gasteiger partial charge in [0.15, 0.2) is 5.69 Å². The first kappa shape index (κ1) is 9.31. The van der Waals surface area contributed by atoms with E-state index in [0.29, 0.717) is 5.69 Å². The summed E-state index contributed by atoms with van der Waals surface area (Å²) in [5.41, 5.74) is 0.666. The van der Waals surface area contributed by atoms with Crippen LogP contribution in [0.2, 0.25) is 0 Å². The minimum absolute atomic E-state index is 0.136. The molecule has 13 heavy (non-hydrogen) atoms.